The van der Waals surface area contributed by atoms with Gasteiger partial charge >= 0.3 is 11.8 Å². The lowest BCUT2D eigenvalue weighted by molar-refractivity contribution is -0.297. The number of carbonyl (C=O) groups is 3. The van der Waals surface area contributed by atoms with E-state index in [1.165, 1.54) is 20.3 Å². The second-order valence-corrected chi connectivity index (χ2v) is 14.2. The van der Waals surface area contributed by atoms with Crippen LogP contribution in [0.3, 0.4) is 0 Å². The Labute approximate surface area is 258 Å². The Bertz CT molecular complexity index is 1570. The van der Waals surface area contributed by atoms with Gasteiger partial charge in [0.05, 0.1) is 29.4 Å². The Morgan fingerprint density at radius 3 is 2.27 bits per heavy atom. The van der Waals surface area contributed by atoms with Crippen molar-refractivity contribution < 1.29 is 42.8 Å². The highest BCUT2D eigenvalue weighted by atomic mass is 16.8. The summed E-state index contributed by atoms with van der Waals surface area (Å²) >= 11 is 0. The molecule has 9 nitrogen and oxygen atoms in total. The summed E-state index contributed by atoms with van der Waals surface area (Å²) in [5.74, 6) is -4.33. The quantitative estimate of drug-likeness (QED) is 0.295. The van der Waals surface area contributed by atoms with Crippen LogP contribution in [0.15, 0.2) is 69.8 Å². The first-order valence-corrected chi connectivity index (χ1v) is 15.1. The summed E-state index contributed by atoms with van der Waals surface area (Å²) < 4.78 is 38.3. The minimum Gasteiger partial charge on any atom is -0.496 e. The van der Waals surface area contributed by atoms with Crippen molar-refractivity contribution in [3.63, 3.8) is 0 Å². The maximum Gasteiger partial charge on any atom is 0.340 e. The van der Waals surface area contributed by atoms with Gasteiger partial charge < -0.3 is 28.4 Å². The van der Waals surface area contributed by atoms with Gasteiger partial charge in [0.2, 0.25) is 5.78 Å². The van der Waals surface area contributed by atoms with Crippen LogP contribution in [0.25, 0.3) is 0 Å². The second-order valence-electron chi connectivity index (χ2n) is 14.2. The van der Waals surface area contributed by atoms with E-state index in [2.05, 4.69) is 0 Å². The normalized spacial score (nSPS) is 37.3. The summed E-state index contributed by atoms with van der Waals surface area (Å²) in [6.07, 6.45) is 9.49. The molecule has 2 saturated heterocycles. The fourth-order valence-corrected chi connectivity index (χ4v) is 7.94. The molecule has 44 heavy (non-hydrogen) atoms. The lowest BCUT2D eigenvalue weighted by atomic mass is 9.50. The molecule has 3 fully saturated rings. The van der Waals surface area contributed by atoms with E-state index in [0.717, 1.165) is 11.1 Å². The molecular weight excluding hydrogens is 564 g/mol. The summed E-state index contributed by atoms with van der Waals surface area (Å²) in [5, 5.41) is 0. The maximum atomic E-state index is 14.9. The number of ether oxygens (including phenoxy) is 6. The Balaban J connectivity index is 1.67. The third-order valence-electron chi connectivity index (χ3n) is 9.93. The van der Waals surface area contributed by atoms with Crippen molar-refractivity contribution in [3.05, 3.63) is 69.8 Å². The number of hydrogen-bond acceptors (Lipinski definition) is 9. The molecule has 4 aliphatic carbocycles. The molecule has 7 rings (SSSR count). The summed E-state index contributed by atoms with van der Waals surface area (Å²) in [5.41, 5.74) is -3.70. The van der Waals surface area contributed by atoms with Crippen LogP contribution < -0.4 is 0 Å². The number of rotatable bonds is 6. The van der Waals surface area contributed by atoms with Gasteiger partial charge in [0.25, 0.3) is 5.78 Å². The van der Waals surface area contributed by atoms with Crippen LogP contribution in [-0.4, -0.2) is 65.5 Å². The highest BCUT2D eigenvalue weighted by Crippen LogP contribution is 2.70. The number of ketones is 2. The predicted molar refractivity (Wildman–Crippen MR) is 160 cm³/mol. The van der Waals surface area contributed by atoms with Gasteiger partial charge in [-0.25, -0.2) is 4.79 Å². The lowest BCUT2D eigenvalue weighted by Crippen LogP contribution is -2.79. The average Bonchev–Trinajstić information content (AvgIpc) is 3.10. The highest BCUT2D eigenvalue weighted by Gasteiger charge is 2.86. The Hall–Kier alpha value is -3.27. The van der Waals surface area contributed by atoms with Crippen LogP contribution in [0.1, 0.15) is 74.7 Å². The van der Waals surface area contributed by atoms with Crippen LogP contribution in [-0.2, 0) is 42.8 Å². The lowest BCUT2D eigenvalue weighted by Gasteiger charge is -2.61. The van der Waals surface area contributed by atoms with E-state index < -0.39 is 51.5 Å². The molecule has 7 aliphatic rings. The van der Waals surface area contributed by atoms with Crippen LogP contribution in [0, 0.1) is 5.92 Å². The zero-order valence-corrected chi connectivity index (χ0v) is 27.3. The van der Waals surface area contributed by atoms with E-state index in [1.807, 2.05) is 73.6 Å². The van der Waals surface area contributed by atoms with E-state index >= 15 is 0 Å². The smallest absolute Gasteiger partial charge is 0.340 e. The Morgan fingerprint density at radius 2 is 1.66 bits per heavy atom. The molecule has 0 radical (unpaired) electrons. The number of carbonyl (C=O) groups excluding carboxylic acids is 3. The van der Waals surface area contributed by atoms with Crippen LogP contribution in [0.4, 0.5) is 0 Å². The number of Topliss-reactive ketones (excluding diaryl/α,β-unsaturated/α-hetero) is 2. The molecule has 0 aromatic carbocycles. The molecule has 0 amide bonds. The molecule has 0 aromatic rings. The maximum absolute atomic E-state index is 14.9. The largest absolute Gasteiger partial charge is 0.496 e. The van der Waals surface area contributed by atoms with E-state index in [9.17, 15) is 14.4 Å². The van der Waals surface area contributed by atoms with Gasteiger partial charge in [0.15, 0.2) is 11.4 Å². The number of methoxy groups -OCH3 is 2. The molecule has 3 aliphatic heterocycles. The predicted octanol–water partition coefficient (Wildman–Crippen LogP) is 5.27. The van der Waals surface area contributed by atoms with Crippen molar-refractivity contribution in [3.8, 4) is 0 Å². The molecule has 3 heterocycles. The van der Waals surface area contributed by atoms with Crippen molar-refractivity contribution in [1.82, 2.24) is 0 Å². The minimum absolute atomic E-state index is 0.0259. The molecule has 9 heteroatoms. The third-order valence-corrected chi connectivity index (χ3v) is 9.93. The van der Waals surface area contributed by atoms with Crippen molar-refractivity contribution in [1.29, 1.82) is 0 Å². The van der Waals surface area contributed by atoms with E-state index in [1.54, 1.807) is 6.08 Å². The van der Waals surface area contributed by atoms with Gasteiger partial charge in [0, 0.05) is 19.4 Å². The van der Waals surface area contributed by atoms with Crippen LogP contribution in [0.2, 0.25) is 0 Å². The monoisotopic (exact) mass is 606 g/mol. The molecule has 0 unspecified atom stereocenters. The molecule has 1 saturated carbocycles. The molecule has 0 N–H and O–H groups in total. The second kappa shape index (κ2) is 9.37. The zero-order chi connectivity index (χ0) is 32.3. The molecule has 4 bridgehead atoms. The summed E-state index contributed by atoms with van der Waals surface area (Å²) in [6, 6.07) is 0. The number of hydrogen-bond donors (Lipinski definition) is 0. The zero-order valence-electron chi connectivity index (χ0n) is 27.3. The topological polar surface area (TPSA) is 107 Å². The molecule has 2 spiro atoms. The molecule has 0 aromatic heterocycles. The first-order valence-electron chi connectivity index (χ1n) is 15.1. The fourth-order valence-electron chi connectivity index (χ4n) is 7.94. The Morgan fingerprint density at radius 1 is 0.977 bits per heavy atom. The van der Waals surface area contributed by atoms with Crippen molar-refractivity contribution in [2.24, 2.45) is 5.92 Å². The van der Waals surface area contributed by atoms with Crippen LogP contribution >= 0.6 is 0 Å². The van der Waals surface area contributed by atoms with Gasteiger partial charge in [-0.3, -0.25) is 9.59 Å². The first kappa shape index (κ1) is 30.7. The van der Waals surface area contributed by atoms with Crippen molar-refractivity contribution in [2.45, 2.75) is 108 Å². The average molecular weight is 607 g/mol. The van der Waals surface area contributed by atoms with Crippen LogP contribution in [0.5, 0.6) is 0 Å². The molecule has 5 atom stereocenters. The Kier molecular flexibility index (Phi) is 6.55. The minimum atomic E-state index is -2.28. The SMILES string of the molecule is COC1=C(CC=C(C)C)[C@]2(OC(=O)C3=C[C@]4(OC)C[C@H]5C(C)(C)O[C@@](CC=C(C)C)(C4=O)[C@@]35O2)C(=O)C2=C1C=CC(C)(C)O2. The van der Waals surface area contributed by atoms with E-state index in [0.29, 0.717) is 16.9 Å². The van der Waals surface area contributed by atoms with E-state index in [4.69, 9.17) is 28.4 Å². The van der Waals surface area contributed by atoms with Crippen molar-refractivity contribution >= 4 is 17.5 Å². The third kappa shape index (κ3) is 3.72. The number of allylic oxidation sites excluding steroid dienone is 4. The van der Waals surface area contributed by atoms with Gasteiger partial charge in [-0.05, 0) is 86.5 Å². The van der Waals surface area contributed by atoms with Gasteiger partial charge in [-0.15, -0.1) is 0 Å². The highest BCUT2D eigenvalue weighted by molar-refractivity contribution is 6.12. The fraction of sp³-hybridized carbons (Fsp3) is 0.571. The number of esters is 1. The molecule has 236 valence electrons. The summed E-state index contributed by atoms with van der Waals surface area (Å²) in [6.45, 7) is 15.2. The molecular formula is C35H42O9. The first-order chi connectivity index (χ1) is 20.5. The van der Waals surface area contributed by atoms with E-state index in [-0.39, 0.29) is 36.4 Å². The van der Waals surface area contributed by atoms with Gasteiger partial charge in [-0.1, -0.05) is 23.3 Å². The van der Waals surface area contributed by atoms with Gasteiger partial charge in [0.1, 0.15) is 22.6 Å². The van der Waals surface area contributed by atoms with Crippen molar-refractivity contribution in [2.75, 3.05) is 14.2 Å². The summed E-state index contributed by atoms with van der Waals surface area (Å²) in [4.78, 5) is 44.1. The standard InChI is InChI=1S/C35H42O9/c1-19(2)11-12-22-25(39-9)21-14-15-30(5,6)41-26(21)27(36)35(22)42-28(37)23-17-32(40-10)18-24-31(7,8)43-33(29(32)38,16-13-20(3)4)34(23,24)44-35/h11,13-15,17,24H,12,16,18H2,1-10H3/t24-,32-,33-,34+,35+/m0/s1. The summed E-state index contributed by atoms with van der Waals surface area (Å²) in [7, 11) is 2.96. The van der Waals surface area contributed by atoms with Gasteiger partial charge in [-0.2, -0.15) is 0 Å².